The zero-order chi connectivity index (χ0) is 8.97. The van der Waals surface area contributed by atoms with Crippen molar-refractivity contribution in [2.45, 2.75) is 0 Å². The van der Waals surface area contributed by atoms with Crippen molar-refractivity contribution in [1.29, 1.82) is 0 Å². The molecule has 0 saturated carbocycles. The molecule has 0 spiro atoms. The Morgan fingerprint density at radius 2 is 2.00 bits per heavy atom. The summed E-state index contributed by atoms with van der Waals surface area (Å²) in [5.41, 5.74) is 0.500. The summed E-state index contributed by atoms with van der Waals surface area (Å²) in [5, 5.41) is 18.1. The summed E-state index contributed by atoms with van der Waals surface area (Å²) in [4.78, 5) is 9.94. The number of hydrogen-bond donors (Lipinski definition) is 2. The molecule has 0 heterocycles. The summed E-state index contributed by atoms with van der Waals surface area (Å²) in [5.74, 6) is -0.0520. The second-order valence-electron chi connectivity index (χ2n) is 2.24. The van der Waals surface area contributed by atoms with E-state index >= 15 is 0 Å². The first-order chi connectivity index (χ1) is 5.74. The highest BCUT2D eigenvalue weighted by Crippen LogP contribution is 2.23. The molecule has 0 atom stereocenters. The van der Waals surface area contributed by atoms with Crippen molar-refractivity contribution >= 4 is 12.4 Å². The number of aromatic hydroxyl groups is 2. The van der Waals surface area contributed by atoms with Gasteiger partial charge in [0.2, 0.25) is 0 Å². The van der Waals surface area contributed by atoms with Crippen LogP contribution in [0.15, 0.2) is 24.3 Å². The van der Waals surface area contributed by atoms with Gasteiger partial charge in [-0.15, -0.1) is 0 Å². The van der Waals surface area contributed by atoms with Crippen LogP contribution in [-0.4, -0.2) is 16.5 Å². The summed E-state index contributed by atoms with van der Waals surface area (Å²) in [6.07, 6.45) is 3.35. The maximum atomic E-state index is 9.94. The van der Waals surface area contributed by atoms with Crippen LogP contribution in [0.3, 0.4) is 0 Å². The highest BCUT2D eigenvalue weighted by molar-refractivity contribution is 5.75. The van der Waals surface area contributed by atoms with Crippen molar-refractivity contribution in [3.63, 3.8) is 0 Å². The molecule has 1 rings (SSSR count). The second-order valence-corrected chi connectivity index (χ2v) is 2.24. The Balaban J connectivity index is 3.01. The van der Waals surface area contributed by atoms with Gasteiger partial charge in [0.05, 0.1) is 0 Å². The van der Waals surface area contributed by atoms with Crippen molar-refractivity contribution in [3.05, 3.63) is 29.8 Å². The van der Waals surface area contributed by atoms with E-state index in [1.54, 1.807) is 0 Å². The molecular weight excluding hydrogens is 156 g/mol. The number of rotatable bonds is 2. The van der Waals surface area contributed by atoms with Gasteiger partial charge in [-0.3, -0.25) is 4.79 Å². The van der Waals surface area contributed by atoms with Crippen LogP contribution in [0.25, 0.3) is 6.08 Å². The van der Waals surface area contributed by atoms with E-state index in [4.69, 9.17) is 5.11 Å². The molecule has 1 aromatic carbocycles. The van der Waals surface area contributed by atoms with Crippen molar-refractivity contribution in [2.24, 2.45) is 0 Å². The average Bonchev–Trinajstić information content (AvgIpc) is 2.03. The minimum Gasteiger partial charge on any atom is -0.508 e. The van der Waals surface area contributed by atoms with E-state index in [1.807, 2.05) is 0 Å². The van der Waals surface area contributed by atoms with Crippen LogP contribution in [0.5, 0.6) is 11.5 Å². The molecule has 3 nitrogen and oxygen atoms in total. The van der Waals surface area contributed by atoms with Gasteiger partial charge in [-0.2, -0.15) is 0 Å². The molecule has 2 N–H and O–H groups in total. The van der Waals surface area contributed by atoms with Gasteiger partial charge >= 0.3 is 0 Å². The third kappa shape index (κ3) is 1.85. The summed E-state index contributed by atoms with van der Waals surface area (Å²) < 4.78 is 0. The molecule has 0 aliphatic rings. The number of carbonyl (C=O) groups excluding carboxylic acids is 1. The Bertz CT molecular complexity index is 316. The lowest BCUT2D eigenvalue weighted by Gasteiger charge is -1.97. The van der Waals surface area contributed by atoms with Crippen molar-refractivity contribution in [1.82, 2.24) is 0 Å². The van der Waals surface area contributed by atoms with Crippen LogP contribution in [0.1, 0.15) is 5.56 Å². The first-order valence-corrected chi connectivity index (χ1v) is 3.38. The van der Waals surface area contributed by atoms with Gasteiger partial charge in [0.25, 0.3) is 0 Å². The quantitative estimate of drug-likeness (QED) is 0.511. The van der Waals surface area contributed by atoms with Gasteiger partial charge in [-0.25, -0.2) is 0 Å². The molecule has 3 heteroatoms. The molecule has 62 valence electrons. The SMILES string of the molecule is O=C/C=C\c1ccc(O)cc1O. The van der Waals surface area contributed by atoms with Crippen LogP contribution in [0, 0.1) is 0 Å². The molecule has 0 saturated heterocycles. The molecule has 0 unspecified atom stereocenters. The second kappa shape index (κ2) is 3.57. The standard InChI is InChI=1S/C9H8O3/c10-5-1-2-7-3-4-8(11)6-9(7)12/h1-6,11-12H/b2-1-. The number of phenolic OH excluding ortho intramolecular Hbond substituents is 2. The summed E-state index contributed by atoms with van der Waals surface area (Å²) >= 11 is 0. The summed E-state index contributed by atoms with van der Waals surface area (Å²) in [6, 6.07) is 4.17. The van der Waals surface area contributed by atoms with E-state index in [1.165, 1.54) is 30.4 Å². The monoisotopic (exact) mass is 164 g/mol. The number of hydrogen-bond acceptors (Lipinski definition) is 3. The Morgan fingerprint density at radius 3 is 2.58 bits per heavy atom. The fraction of sp³-hybridized carbons (Fsp3) is 0. The molecule has 0 fully saturated rings. The molecular formula is C9H8O3. The van der Waals surface area contributed by atoms with Crippen LogP contribution in [0.2, 0.25) is 0 Å². The Kier molecular flexibility index (Phi) is 2.48. The van der Waals surface area contributed by atoms with Crippen LogP contribution < -0.4 is 0 Å². The molecule has 12 heavy (non-hydrogen) atoms. The van der Waals surface area contributed by atoms with Gasteiger partial charge < -0.3 is 10.2 Å². The van der Waals surface area contributed by atoms with Crippen LogP contribution in [-0.2, 0) is 4.79 Å². The number of allylic oxidation sites excluding steroid dienone is 1. The van der Waals surface area contributed by atoms with E-state index in [0.717, 1.165) is 0 Å². The number of benzene rings is 1. The molecule has 0 radical (unpaired) electrons. The summed E-state index contributed by atoms with van der Waals surface area (Å²) in [6.45, 7) is 0. The largest absolute Gasteiger partial charge is 0.508 e. The van der Waals surface area contributed by atoms with E-state index in [2.05, 4.69) is 0 Å². The molecule has 0 amide bonds. The minimum absolute atomic E-state index is 0.00393. The van der Waals surface area contributed by atoms with Gasteiger partial charge in [-0.1, -0.05) is 0 Å². The van der Waals surface area contributed by atoms with Gasteiger partial charge in [0.1, 0.15) is 17.8 Å². The van der Waals surface area contributed by atoms with E-state index in [-0.39, 0.29) is 11.5 Å². The zero-order valence-electron chi connectivity index (χ0n) is 6.27. The topological polar surface area (TPSA) is 57.5 Å². The number of phenols is 2. The predicted molar refractivity (Wildman–Crippen MR) is 44.9 cm³/mol. The third-order valence-corrected chi connectivity index (χ3v) is 1.37. The maximum Gasteiger partial charge on any atom is 0.142 e. The fourth-order valence-corrected chi connectivity index (χ4v) is 0.816. The average molecular weight is 164 g/mol. The number of aldehydes is 1. The molecule has 0 aromatic heterocycles. The predicted octanol–water partition coefficient (Wildman–Crippen LogP) is 1.31. The van der Waals surface area contributed by atoms with Crippen molar-refractivity contribution in [3.8, 4) is 11.5 Å². The van der Waals surface area contributed by atoms with Gasteiger partial charge in [-0.05, 0) is 24.3 Å². The first kappa shape index (κ1) is 8.33. The summed E-state index contributed by atoms with van der Waals surface area (Å²) in [7, 11) is 0. The normalized spacial score (nSPS) is 10.3. The lowest BCUT2D eigenvalue weighted by Crippen LogP contribution is -1.74. The smallest absolute Gasteiger partial charge is 0.142 e. The lowest BCUT2D eigenvalue weighted by atomic mass is 10.2. The molecule has 0 bridgehead atoms. The minimum atomic E-state index is -0.0481. The zero-order valence-corrected chi connectivity index (χ0v) is 6.27. The van der Waals surface area contributed by atoms with E-state index in [9.17, 15) is 9.90 Å². The lowest BCUT2D eigenvalue weighted by molar-refractivity contribution is -0.104. The fourth-order valence-electron chi connectivity index (χ4n) is 0.816. The Morgan fingerprint density at radius 1 is 1.25 bits per heavy atom. The van der Waals surface area contributed by atoms with Gasteiger partial charge in [0, 0.05) is 11.6 Å². The maximum absolute atomic E-state index is 9.94. The van der Waals surface area contributed by atoms with Crippen LogP contribution >= 0.6 is 0 Å². The Labute approximate surface area is 69.6 Å². The van der Waals surface area contributed by atoms with E-state index in [0.29, 0.717) is 11.8 Å². The van der Waals surface area contributed by atoms with Crippen molar-refractivity contribution < 1.29 is 15.0 Å². The number of carbonyl (C=O) groups is 1. The molecule has 1 aromatic rings. The van der Waals surface area contributed by atoms with Gasteiger partial charge in [0.15, 0.2) is 0 Å². The highest BCUT2D eigenvalue weighted by atomic mass is 16.3. The Hall–Kier alpha value is -1.77. The highest BCUT2D eigenvalue weighted by Gasteiger charge is 1.96. The first-order valence-electron chi connectivity index (χ1n) is 3.38. The van der Waals surface area contributed by atoms with Crippen LogP contribution in [0.4, 0.5) is 0 Å². The molecule has 0 aliphatic carbocycles. The molecule has 0 aliphatic heterocycles. The third-order valence-electron chi connectivity index (χ3n) is 1.37. The van der Waals surface area contributed by atoms with Crippen molar-refractivity contribution in [2.75, 3.05) is 0 Å². The van der Waals surface area contributed by atoms with E-state index < -0.39 is 0 Å².